The number of carbonyl (C=O) groups is 1. The van der Waals surface area contributed by atoms with Gasteiger partial charge in [0.2, 0.25) is 0 Å². The summed E-state index contributed by atoms with van der Waals surface area (Å²) in [6.07, 6.45) is -28.1. The van der Waals surface area contributed by atoms with Crippen molar-refractivity contribution in [1.82, 2.24) is 0 Å². The van der Waals surface area contributed by atoms with Crippen LogP contribution in [0.15, 0.2) is 36.4 Å². The molecule has 2 aromatic carbocycles. The summed E-state index contributed by atoms with van der Waals surface area (Å²) in [5.74, 6) is -14.8. The van der Waals surface area contributed by atoms with Crippen molar-refractivity contribution in [3.8, 4) is 5.75 Å². The molecule has 224 valence electrons. The van der Waals surface area contributed by atoms with Crippen molar-refractivity contribution in [3.05, 3.63) is 57.6 Å². The van der Waals surface area contributed by atoms with Gasteiger partial charge in [-0.2, -0.15) is 43.9 Å². The molecule has 0 heterocycles. The van der Waals surface area contributed by atoms with Crippen molar-refractivity contribution in [3.63, 3.8) is 0 Å². The molecule has 40 heavy (non-hydrogen) atoms. The van der Waals surface area contributed by atoms with Crippen LogP contribution in [0.5, 0.6) is 5.75 Å². The molecular formula is C20H10Cl2F13NO4. The fourth-order valence-corrected chi connectivity index (χ4v) is 3.36. The minimum Gasteiger partial charge on any atom is -0.494 e. The fourth-order valence-electron chi connectivity index (χ4n) is 2.72. The van der Waals surface area contributed by atoms with Crippen molar-refractivity contribution >= 4 is 34.8 Å². The Hall–Kier alpha value is -2.70. The number of methoxy groups -OCH3 is 1. The number of carbonyl (C=O) groups excluding carboxylic acids is 1. The van der Waals surface area contributed by atoms with Gasteiger partial charge in [-0.3, -0.25) is 4.79 Å². The Kier molecular flexibility index (Phi) is 9.16. The highest BCUT2D eigenvalue weighted by Crippen LogP contribution is 2.54. The highest BCUT2D eigenvalue weighted by atomic mass is 35.5. The lowest BCUT2D eigenvalue weighted by atomic mass is 10.1. The molecule has 0 spiro atoms. The van der Waals surface area contributed by atoms with E-state index in [1.54, 1.807) is 0 Å². The first-order valence-electron chi connectivity index (χ1n) is 9.69. The summed E-state index contributed by atoms with van der Waals surface area (Å²) in [6.45, 7) is 0. The Bertz CT molecular complexity index is 1230. The molecule has 0 bridgehead atoms. The Balaban J connectivity index is 2.35. The van der Waals surface area contributed by atoms with Crippen LogP contribution in [0.3, 0.4) is 0 Å². The van der Waals surface area contributed by atoms with E-state index in [0.29, 0.717) is 6.07 Å². The van der Waals surface area contributed by atoms with E-state index in [1.165, 1.54) is 11.8 Å². The molecule has 0 aliphatic carbocycles. The molecular weight excluding hydrogens is 636 g/mol. The average Bonchev–Trinajstić information content (AvgIpc) is 2.76. The Morgan fingerprint density at radius 3 is 1.73 bits per heavy atom. The average molecular weight is 646 g/mol. The van der Waals surface area contributed by atoms with Gasteiger partial charge in [0, 0.05) is 16.8 Å². The van der Waals surface area contributed by atoms with Gasteiger partial charge in [0.25, 0.3) is 5.91 Å². The largest absolute Gasteiger partial charge is 0.527 e. The number of hydrogen-bond donors (Lipinski definition) is 1. The van der Waals surface area contributed by atoms with Crippen LogP contribution < -0.4 is 10.1 Å². The van der Waals surface area contributed by atoms with Gasteiger partial charge >= 0.3 is 36.5 Å². The first-order valence-corrected chi connectivity index (χ1v) is 10.4. The van der Waals surface area contributed by atoms with Crippen molar-refractivity contribution in [1.29, 1.82) is 0 Å². The van der Waals surface area contributed by atoms with Gasteiger partial charge in [-0.25, -0.2) is 9.47 Å². The molecule has 0 fully saturated rings. The Morgan fingerprint density at radius 1 is 0.750 bits per heavy atom. The zero-order valence-electron chi connectivity index (χ0n) is 18.8. The maximum Gasteiger partial charge on any atom is 0.527 e. The quantitative estimate of drug-likeness (QED) is 0.264. The summed E-state index contributed by atoms with van der Waals surface area (Å²) in [5.41, 5.74) is -3.06. The van der Waals surface area contributed by atoms with E-state index >= 15 is 0 Å². The van der Waals surface area contributed by atoms with E-state index in [4.69, 9.17) is 27.9 Å². The summed E-state index contributed by atoms with van der Waals surface area (Å²) in [6, 6.07) is 3.46. The van der Waals surface area contributed by atoms with Gasteiger partial charge in [-0.1, -0.05) is 35.3 Å². The molecule has 1 amide bonds. The van der Waals surface area contributed by atoms with Gasteiger partial charge in [0.05, 0.1) is 17.2 Å². The Morgan fingerprint density at radius 2 is 1.25 bits per heavy atom. The molecule has 2 aromatic rings. The molecule has 0 unspecified atom stereocenters. The van der Waals surface area contributed by atoms with E-state index in [1.807, 2.05) is 10.1 Å². The zero-order valence-corrected chi connectivity index (χ0v) is 20.3. The minimum atomic E-state index is -7.55. The van der Waals surface area contributed by atoms with Crippen LogP contribution in [0, 0.1) is 0 Å². The summed E-state index contributed by atoms with van der Waals surface area (Å²) < 4.78 is 181. The predicted octanol–water partition coefficient (Wildman–Crippen LogP) is 8.31. The molecule has 0 saturated heterocycles. The first kappa shape index (κ1) is 33.5. The molecule has 0 atom stereocenters. The van der Waals surface area contributed by atoms with Crippen molar-refractivity contribution in [2.24, 2.45) is 0 Å². The lowest BCUT2D eigenvalue weighted by molar-refractivity contribution is -0.535. The van der Waals surface area contributed by atoms with Crippen molar-refractivity contribution < 1.29 is 76.1 Å². The number of benzene rings is 2. The van der Waals surface area contributed by atoms with Crippen LogP contribution in [0.1, 0.15) is 15.9 Å². The lowest BCUT2D eigenvalue weighted by Gasteiger charge is -2.35. The monoisotopic (exact) mass is 645 g/mol. The molecule has 0 aromatic heterocycles. The predicted molar refractivity (Wildman–Crippen MR) is 109 cm³/mol. The molecule has 2 rings (SSSR count). The molecule has 20 heteroatoms. The van der Waals surface area contributed by atoms with E-state index in [9.17, 15) is 61.9 Å². The Labute approximate surface area is 223 Å². The SMILES string of the molecule is COc1c(Cl)cc(C(=O)Nc2cccc(C(F)(F)C(F)(F)OC(F)(F)C(F)(F)C(F)(F)OC(F)(F)F)c2)cc1Cl. The normalized spacial score (nSPS) is 13.8. The molecule has 0 aliphatic heterocycles. The molecule has 0 aliphatic rings. The molecule has 0 saturated carbocycles. The highest BCUT2D eigenvalue weighted by molar-refractivity contribution is 6.37. The van der Waals surface area contributed by atoms with Crippen LogP contribution in [0.25, 0.3) is 0 Å². The van der Waals surface area contributed by atoms with E-state index in [2.05, 4.69) is 0 Å². The van der Waals surface area contributed by atoms with Gasteiger partial charge in [0.15, 0.2) is 5.75 Å². The number of nitrogens with one attached hydrogen (secondary N) is 1. The number of rotatable bonds is 10. The number of anilines is 1. The summed E-state index contributed by atoms with van der Waals surface area (Å²) >= 11 is 11.7. The summed E-state index contributed by atoms with van der Waals surface area (Å²) in [7, 11) is 1.18. The van der Waals surface area contributed by atoms with Crippen molar-refractivity contribution in [2.75, 3.05) is 12.4 Å². The number of halogens is 15. The first-order chi connectivity index (χ1) is 17.9. The second-order valence-corrected chi connectivity index (χ2v) is 8.17. The lowest BCUT2D eigenvalue weighted by Crippen LogP contribution is -2.61. The summed E-state index contributed by atoms with van der Waals surface area (Å²) in [5, 5.41) is 1.53. The zero-order chi connectivity index (χ0) is 31.1. The fraction of sp³-hybridized carbons (Fsp3) is 0.350. The maximum absolute atomic E-state index is 14.4. The summed E-state index contributed by atoms with van der Waals surface area (Å²) in [4.78, 5) is 12.4. The third kappa shape index (κ3) is 6.77. The second kappa shape index (κ2) is 10.9. The van der Waals surface area contributed by atoms with Crippen molar-refractivity contribution in [2.45, 2.75) is 36.5 Å². The molecule has 1 N–H and O–H groups in total. The van der Waals surface area contributed by atoms with Gasteiger partial charge in [-0.05, 0) is 24.3 Å². The smallest absolute Gasteiger partial charge is 0.494 e. The van der Waals surface area contributed by atoms with E-state index in [-0.39, 0.29) is 33.5 Å². The maximum atomic E-state index is 14.4. The number of ether oxygens (including phenoxy) is 3. The highest BCUT2D eigenvalue weighted by Gasteiger charge is 2.80. The van der Waals surface area contributed by atoms with E-state index in [0.717, 1.165) is 18.2 Å². The third-order valence-corrected chi connectivity index (χ3v) is 5.11. The third-order valence-electron chi connectivity index (χ3n) is 4.54. The standard InChI is InChI=1S/C20H10Cl2F13NO4/c1-38-13-11(21)5-8(6-12(13)22)14(37)36-10-4-2-3-9(7-10)15(23,24)17(27,28)39-18(29,30)16(25,26)19(31,32)40-20(33,34)35/h2-7H,1H3,(H,36,37). The molecule has 5 nitrogen and oxygen atoms in total. The van der Waals surface area contributed by atoms with Crippen LogP contribution in [0.2, 0.25) is 10.0 Å². The van der Waals surface area contributed by atoms with E-state index < -0.39 is 53.7 Å². The molecule has 0 radical (unpaired) electrons. The van der Waals surface area contributed by atoms with Gasteiger partial charge < -0.3 is 10.1 Å². The second-order valence-electron chi connectivity index (χ2n) is 7.36. The number of alkyl halides is 13. The van der Waals surface area contributed by atoms with Gasteiger partial charge in [0.1, 0.15) is 0 Å². The van der Waals surface area contributed by atoms with Crippen LogP contribution in [-0.2, 0) is 15.4 Å². The topological polar surface area (TPSA) is 56.8 Å². The van der Waals surface area contributed by atoms with Crippen LogP contribution in [0.4, 0.5) is 62.8 Å². The van der Waals surface area contributed by atoms with Crippen LogP contribution >= 0.6 is 23.2 Å². The van der Waals surface area contributed by atoms with Crippen LogP contribution in [-0.4, -0.2) is 43.6 Å². The number of amides is 1. The van der Waals surface area contributed by atoms with Gasteiger partial charge in [-0.15, -0.1) is 13.2 Å². The number of hydrogen-bond acceptors (Lipinski definition) is 4. The minimum absolute atomic E-state index is 0.0273.